The highest BCUT2D eigenvalue weighted by atomic mass is 16.2. The molecule has 1 saturated heterocycles. The van der Waals surface area contributed by atoms with Crippen molar-refractivity contribution in [2.45, 2.75) is 84.3 Å². The van der Waals surface area contributed by atoms with E-state index in [9.17, 15) is 24.0 Å². The fourth-order valence-electron chi connectivity index (χ4n) is 5.11. The van der Waals surface area contributed by atoms with Gasteiger partial charge in [-0.15, -0.1) is 0 Å². The van der Waals surface area contributed by atoms with Crippen molar-refractivity contribution in [3.8, 4) is 0 Å². The lowest BCUT2D eigenvalue weighted by molar-refractivity contribution is -0.137. The molecule has 0 aromatic heterocycles. The molecule has 3 aliphatic rings. The number of nitrogens with one attached hydrogen (secondary N) is 2. The van der Waals surface area contributed by atoms with Gasteiger partial charge >= 0.3 is 0 Å². The highest BCUT2D eigenvalue weighted by Gasteiger charge is 2.39. The van der Waals surface area contributed by atoms with E-state index in [1.54, 1.807) is 12.1 Å². The van der Waals surface area contributed by atoms with Gasteiger partial charge in [-0.3, -0.25) is 29.3 Å². The smallest absolute Gasteiger partial charge is 0.255 e. The lowest BCUT2D eigenvalue weighted by atomic mass is 9.80. The van der Waals surface area contributed by atoms with Crippen molar-refractivity contribution in [3.05, 3.63) is 34.9 Å². The van der Waals surface area contributed by atoms with Gasteiger partial charge in [-0.25, -0.2) is 0 Å². The molecule has 1 aromatic rings. The number of carbonyl (C=O) groups excluding carboxylic acids is 5. The van der Waals surface area contributed by atoms with Crippen LogP contribution in [-0.2, 0) is 32.3 Å². The van der Waals surface area contributed by atoms with Crippen molar-refractivity contribution < 1.29 is 24.0 Å². The van der Waals surface area contributed by atoms with Crippen molar-refractivity contribution in [2.75, 3.05) is 0 Å². The normalized spacial score (nSPS) is 23.7. The van der Waals surface area contributed by atoms with Crippen LogP contribution in [0.2, 0.25) is 0 Å². The maximum atomic E-state index is 12.5. The Morgan fingerprint density at radius 2 is 1.83 bits per heavy atom. The van der Waals surface area contributed by atoms with Gasteiger partial charge in [-0.2, -0.15) is 0 Å². The Balaban J connectivity index is 0.000000241. The number of nitrogens with zero attached hydrogens (tertiary/aromatic N) is 1. The van der Waals surface area contributed by atoms with Crippen molar-refractivity contribution in [1.82, 2.24) is 15.5 Å². The van der Waals surface area contributed by atoms with E-state index in [4.69, 9.17) is 5.73 Å². The van der Waals surface area contributed by atoms with Gasteiger partial charge in [0, 0.05) is 37.9 Å². The number of imide groups is 1. The van der Waals surface area contributed by atoms with Gasteiger partial charge in [-0.05, 0) is 55.2 Å². The number of carbonyl (C=O) groups is 5. The summed E-state index contributed by atoms with van der Waals surface area (Å²) in [6, 6.07) is 4.78. The van der Waals surface area contributed by atoms with E-state index in [2.05, 4.69) is 17.6 Å². The molecule has 1 aromatic carbocycles. The van der Waals surface area contributed by atoms with Crippen molar-refractivity contribution in [2.24, 2.45) is 17.6 Å². The van der Waals surface area contributed by atoms with E-state index in [1.807, 2.05) is 6.07 Å². The summed E-state index contributed by atoms with van der Waals surface area (Å²) in [6.07, 6.45) is 7.66. The first kappa shape index (κ1) is 26.4. The second-order valence-electron chi connectivity index (χ2n) is 9.71. The highest BCUT2D eigenvalue weighted by Crippen LogP contribution is 2.31. The number of fused-ring (bicyclic) bond motifs is 1. The van der Waals surface area contributed by atoms with Crippen molar-refractivity contribution in [3.63, 3.8) is 0 Å². The van der Waals surface area contributed by atoms with Gasteiger partial charge in [0.15, 0.2) is 0 Å². The molecular weight excluding hydrogens is 448 g/mol. The first-order valence-electron chi connectivity index (χ1n) is 12.5. The summed E-state index contributed by atoms with van der Waals surface area (Å²) < 4.78 is 0. The first-order valence-corrected chi connectivity index (χ1v) is 12.5. The van der Waals surface area contributed by atoms with Crippen LogP contribution in [0.1, 0.15) is 86.7 Å². The lowest BCUT2D eigenvalue weighted by Gasteiger charge is -2.29. The second-order valence-corrected chi connectivity index (χ2v) is 9.71. The standard InChI is InChI=1S/C16H17N3O4.C10H19NO/c1-9(20)17-7-10-2-3-12-11(6-10)8-19(16(12)23)13-4-5-14(21)18-15(13)22;1-2-3-8-4-6-9(7-5-8)10(11)12/h2-3,6,13H,4-5,7-8H2,1H3,(H,17,20)(H,18,21,22);8-9H,2-7H2,1H3,(H2,11,12). The maximum absolute atomic E-state index is 12.5. The molecule has 190 valence electrons. The Morgan fingerprint density at radius 3 is 2.43 bits per heavy atom. The molecule has 9 heteroatoms. The Morgan fingerprint density at radius 1 is 1.11 bits per heavy atom. The second kappa shape index (κ2) is 12.0. The van der Waals surface area contributed by atoms with E-state index in [0.717, 1.165) is 29.9 Å². The van der Waals surface area contributed by atoms with Crippen LogP contribution in [0.25, 0.3) is 0 Å². The third kappa shape index (κ3) is 6.90. The molecule has 35 heavy (non-hydrogen) atoms. The van der Waals surface area contributed by atoms with Crippen LogP contribution in [-0.4, -0.2) is 40.5 Å². The molecule has 4 N–H and O–H groups in total. The Hall–Kier alpha value is -3.23. The third-order valence-electron chi connectivity index (χ3n) is 7.08. The Labute approximate surface area is 206 Å². The Kier molecular flexibility index (Phi) is 9.01. The van der Waals surface area contributed by atoms with Crippen LogP contribution in [0.3, 0.4) is 0 Å². The van der Waals surface area contributed by atoms with E-state index in [0.29, 0.717) is 25.1 Å². The summed E-state index contributed by atoms with van der Waals surface area (Å²) in [4.78, 5) is 59.0. The molecule has 2 aliphatic heterocycles. The van der Waals surface area contributed by atoms with Gasteiger partial charge in [0.25, 0.3) is 5.91 Å². The summed E-state index contributed by atoms with van der Waals surface area (Å²) in [5.41, 5.74) is 7.55. The predicted octanol–water partition coefficient (Wildman–Crippen LogP) is 2.16. The van der Waals surface area contributed by atoms with Gasteiger partial charge in [0.05, 0.1) is 0 Å². The summed E-state index contributed by atoms with van der Waals surface area (Å²) in [5.74, 6) is -0.0742. The molecule has 0 bridgehead atoms. The number of primary amides is 1. The number of rotatable bonds is 6. The minimum Gasteiger partial charge on any atom is -0.369 e. The number of amides is 5. The zero-order valence-corrected chi connectivity index (χ0v) is 20.6. The van der Waals surface area contributed by atoms with E-state index in [-0.39, 0.29) is 36.0 Å². The van der Waals surface area contributed by atoms with Crippen molar-refractivity contribution >= 4 is 29.5 Å². The molecule has 0 radical (unpaired) electrons. The zero-order chi connectivity index (χ0) is 25.5. The quantitative estimate of drug-likeness (QED) is 0.531. The van der Waals surface area contributed by atoms with E-state index < -0.39 is 11.9 Å². The molecule has 1 saturated carbocycles. The molecule has 2 heterocycles. The van der Waals surface area contributed by atoms with Gasteiger partial charge in [0.2, 0.25) is 23.6 Å². The maximum Gasteiger partial charge on any atom is 0.255 e. The molecule has 1 atom stereocenters. The molecular formula is C26H36N4O5. The Bertz CT molecular complexity index is 984. The number of hydrogen-bond donors (Lipinski definition) is 3. The minimum absolute atomic E-state index is 0.0926. The molecule has 9 nitrogen and oxygen atoms in total. The van der Waals surface area contributed by atoms with Crippen molar-refractivity contribution in [1.29, 1.82) is 0 Å². The molecule has 4 rings (SSSR count). The van der Waals surface area contributed by atoms with Gasteiger partial charge < -0.3 is 16.0 Å². The summed E-state index contributed by atoms with van der Waals surface area (Å²) in [5, 5.41) is 4.99. The van der Waals surface area contributed by atoms with Crippen LogP contribution in [0.4, 0.5) is 0 Å². The molecule has 1 aliphatic carbocycles. The summed E-state index contributed by atoms with van der Waals surface area (Å²) >= 11 is 0. The molecule has 5 amide bonds. The van der Waals surface area contributed by atoms with Crippen LogP contribution >= 0.6 is 0 Å². The average Bonchev–Trinajstić information content (AvgIpc) is 3.14. The van der Waals surface area contributed by atoms with Gasteiger partial charge in [0.1, 0.15) is 6.04 Å². The number of hydrogen-bond acceptors (Lipinski definition) is 5. The molecule has 2 fully saturated rings. The number of benzene rings is 1. The van der Waals surface area contributed by atoms with Crippen LogP contribution in [0.15, 0.2) is 18.2 Å². The number of nitrogens with two attached hydrogens (primary N) is 1. The third-order valence-corrected chi connectivity index (χ3v) is 7.08. The van der Waals surface area contributed by atoms with E-state index >= 15 is 0 Å². The summed E-state index contributed by atoms with van der Waals surface area (Å²) in [7, 11) is 0. The molecule has 1 unspecified atom stereocenters. The largest absolute Gasteiger partial charge is 0.369 e. The molecule has 0 spiro atoms. The fourth-order valence-corrected chi connectivity index (χ4v) is 5.11. The topological polar surface area (TPSA) is 139 Å². The summed E-state index contributed by atoms with van der Waals surface area (Å²) in [6.45, 7) is 4.41. The predicted molar refractivity (Wildman–Crippen MR) is 130 cm³/mol. The zero-order valence-electron chi connectivity index (χ0n) is 20.6. The monoisotopic (exact) mass is 484 g/mol. The van der Waals surface area contributed by atoms with E-state index in [1.165, 1.54) is 37.5 Å². The fraction of sp³-hybridized carbons (Fsp3) is 0.577. The van der Waals surface area contributed by atoms with Crippen LogP contribution < -0.4 is 16.4 Å². The first-order chi connectivity index (χ1) is 16.7. The average molecular weight is 485 g/mol. The minimum atomic E-state index is -0.605. The SMILES string of the molecule is CC(=O)NCc1ccc2c(c1)CN(C1CCC(=O)NC1=O)C2=O.CCCC1CCC(C(N)=O)CC1. The van der Waals surface area contributed by atoms with Gasteiger partial charge in [-0.1, -0.05) is 31.9 Å². The van der Waals surface area contributed by atoms with Crippen LogP contribution in [0, 0.1) is 11.8 Å². The number of piperidine rings is 1. The highest BCUT2D eigenvalue weighted by molar-refractivity contribution is 6.05. The van der Waals surface area contributed by atoms with Crippen LogP contribution in [0.5, 0.6) is 0 Å². The lowest BCUT2D eigenvalue weighted by Crippen LogP contribution is -2.52.